The molecule has 0 spiro atoms. The Morgan fingerprint density at radius 1 is 1.35 bits per heavy atom. The second-order valence-electron chi connectivity index (χ2n) is 3.24. The fourth-order valence-corrected chi connectivity index (χ4v) is 1.84. The molecule has 2 aromatic rings. The minimum atomic E-state index is 0.296. The van der Waals surface area contributed by atoms with Crippen LogP contribution in [0.15, 0.2) is 22.8 Å². The summed E-state index contributed by atoms with van der Waals surface area (Å²) in [6.07, 6.45) is 0.585. The maximum Gasteiger partial charge on any atom is 0.220 e. The third kappa shape index (κ3) is 2.25. The number of rotatable bonds is 3. The quantitative estimate of drug-likeness (QED) is 0.806. The topological polar surface area (TPSA) is 59.2 Å². The average molecular weight is 272 g/mol. The fraction of sp³-hybridized carbons (Fsp3) is 0.100. The molecule has 0 aliphatic rings. The van der Waals surface area contributed by atoms with Gasteiger partial charge in [0.15, 0.2) is 0 Å². The molecule has 1 heterocycles. The van der Waals surface area contributed by atoms with Gasteiger partial charge in [0.05, 0.1) is 10.7 Å². The van der Waals surface area contributed by atoms with Crippen molar-refractivity contribution >= 4 is 41.1 Å². The van der Waals surface area contributed by atoms with E-state index in [0.29, 0.717) is 33.7 Å². The lowest BCUT2D eigenvalue weighted by Gasteiger charge is -2.15. The summed E-state index contributed by atoms with van der Waals surface area (Å²) in [6, 6.07) is 4.78. The molecule has 0 aliphatic carbocycles. The van der Waals surface area contributed by atoms with E-state index in [0.717, 1.165) is 0 Å². The minimum absolute atomic E-state index is 0.296. The highest BCUT2D eigenvalue weighted by Crippen LogP contribution is 2.32. The van der Waals surface area contributed by atoms with E-state index in [1.54, 1.807) is 19.1 Å². The lowest BCUT2D eigenvalue weighted by molar-refractivity contribution is -0.106. The largest absolute Gasteiger partial charge is 0.278 e. The van der Waals surface area contributed by atoms with Gasteiger partial charge in [-0.2, -0.15) is 0 Å². The highest BCUT2D eigenvalue weighted by Gasteiger charge is 2.18. The van der Waals surface area contributed by atoms with Crippen molar-refractivity contribution in [2.75, 3.05) is 4.90 Å². The lowest BCUT2D eigenvalue weighted by atomic mass is 10.3. The number of amides is 1. The minimum Gasteiger partial charge on any atom is -0.278 e. The zero-order valence-electron chi connectivity index (χ0n) is 8.72. The SMILES string of the molecule is Cc1nonc1N(C=O)c1ccc(Cl)cc1Cl. The van der Waals surface area contributed by atoms with E-state index in [1.807, 2.05) is 0 Å². The number of nitrogens with zero attached hydrogens (tertiary/aromatic N) is 3. The van der Waals surface area contributed by atoms with E-state index in [9.17, 15) is 4.79 Å². The van der Waals surface area contributed by atoms with E-state index in [1.165, 1.54) is 11.0 Å². The van der Waals surface area contributed by atoms with Gasteiger partial charge < -0.3 is 0 Å². The summed E-state index contributed by atoms with van der Waals surface area (Å²) in [5.74, 6) is 0.296. The maximum atomic E-state index is 11.1. The number of benzene rings is 1. The van der Waals surface area contributed by atoms with E-state index >= 15 is 0 Å². The molecular weight excluding hydrogens is 265 g/mol. The van der Waals surface area contributed by atoms with Crippen LogP contribution in [0.1, 0.15) is 5.69 Å². The van der Waals surface area contributed by atoms with Gasteiger partial charge in [0.2, 0.25) is 12.2 Å². The number of aryl methyl sites for hydroxylation is 1. The molecule has 0 radical (unpaired) electrons. The van der Waals surface area contributed by atoms with Gasteiger partial charge >= 0.3 is 0 Å². The van der Waals surface area contributed by atoms with E-state index in [-0.39, 0.29) is 0 Å². The van der Waals surface area contributed by atoms with Gasteiger partial charge in [-0.1, -0.05) is 28.4 Å². The van der Waals surface area contributed by atoms with Crippen LogP contribution in [0.3, 0.4) is 0 Å². The number of anilines is 2. The van der Waals surface area contributed by atoms with Crippen LogP contribution in [0.5, 0.6) is 0 Å². The Morgan fingerprint density at radius 2 is 2.12 bits per heavy atom. The normalized spacial score (nSPS) is 10.3. The molecule has 2 rings (SSSR count). The average Bonchev–Trinajstić information content (AvgIpc) is 2.69. The third-order valence-electron chi connectivity index (χ3n) is 2.13. The maximum absolute atomic E-state index is 11.1. The van der Waals surface area contributed by atoms with Crippen LogP contribution in [0.25, 0.3) is 0 Å². The van der Waals surface area contributed by atoms with Crippen LogP contribution in [-0.2, 0) is 4.79 Å². The monoisotopic (exact) mass is 271 g/mol. The smallest absolute Gasteiger partial charge is 0.220 e. The molecule has 1 aromatic carbocycles. The van der Waals surface area contributed by atoms with Crippen molar-refractivity contribution in [2.45, 2.75) is 6.92 Å². The van der Waals surface area contributed by atoms with Gasteiger partial charge in [-0.05, 0) is 30.3 Å². The molecule has 0 N–H and O–H groups in total. The van der Waals surface area contributed by atoms with Crippen molar-refractivity contribution in [1.82, 2.24) is 10.3 Å². The summed E-state index contributed by atoms with van der Waals surface area (Å²) in [5.41, 5.74) is 0.952. The number of halogens is 2. The second kappa shape index (κ2) is 4.73. The molecule has 1 amide bonds. The van der Waals surface area contributed by atoms with Crippen LogP contribution >= 0.6 is 23.2 Å². The van der Waals surface area contributed by atoms with Gasteiger partial charge in [-0.3, -0.25) is 9.69 Å². The predicted octanol–water partition coefficient (Wildman–Crippen LogP) is 2.98. The zero-order valence-corrected chi connectivity index (χ0v) is 10.2. The Balaban J connectivity index is 2.50. The molecule has 5 nitrogen and oxygen atoms in total. The summed E-state index contributed by atoms with van der Waals surface area (Å²) in [6.45, 7) is 1.67. The molecular formula is C10H7Cl2N3O2. The van der Waals surface area contributed by atoms with Crippen LogP contribution in [0, 0.1) is 6.92 Å². The molecule has 0 fully saturated rings. The zero-order chi connectivity index (χ0) is 12.4. The third-order valence-corrected chi connectivity index (χ3v) is 2.67. The Bertz CT molecular complexity index is 556. The first-order valence-electron chi connectivity index (χ1n) is 4.62. The molecule has 1 aromatic heterocycles. The molecule has 0 unspecified atom stereocenters. The summed E-state index contributed by atoms with van der Waals surface area (Å²) in [7, 11) is 0. The standard InChI is InChI=1S/C10H7Cl2N3O2/c1-6-10(14-17-13-6)15(5-16)9-3-2-7(11)4-8(9)12/h2-5H,1H3. The van der Waals surface area contributed by atoms with E-state index < -0.39 is 0 Å². The van der Waals surface area contributed by atoms with Crippen molar-refractivity contribution < 1.29 is 9.42 Å². The van der Waals surface area contributed by atoms with E-state index in [2.05, 4.69) is 14.9 Å². The van der Waals surface area contributed by atoms with Gasteiger partial charge in [-0.15, -0.1) is 0 Å². The molecule has 7 heteroatoms. The van der Waals surface area contributed by atoms with Gasteiger partial charge in [-0.25, -0.2) is 4.63 Å². The van der Waals surface area contributed by atoms with E-state index in [4.69, 9.17) is 23.2 Å². The van der Waals surface area contributed by atoms with Gasteiger partial charge in [0, 0.05) is 5.02 Å². The Hall–Kier alpha value is -1.59. The van der Waals surface area contributed by atoms with Crippen LogP contribution in [-0.4, -0.2) is 16.7 Å². The Labute approximate surface area is 107 Å². The number of hydrogen-bond donors (Lipinski definition) is 0. The van der Waals surface area contributed by atoms with Crippen LogP contribution in [0.2, 0.25) is 10.0 Å². The molecule has 0 saturated heterocycles. The molecule has 0 saturated carbocycles. The van der Waals surface area contributed by atoms with Crippen LogP contribution < -0.4 is 4.90 Å². The number of carbonyl (C=O) groups excluding carboxylic acids is 1. The summed E-state index contributed by atoms with van der Waals surface area (Å²) in [5, 5.41) is 8.07. The second-order valence-corrected chi connectivity index (χ2v) is 4.09. The highest BCUT2D eigenvalue weighted by molar-refractivity contribution is 6.36. The van der Waals surface area contributed by atoms with Gasteiger partial charge in [0.1, 0.15) is 5.69 Å². The fourth-order valence-electron chi connectivity index (χ4n) is 1.34. The van der Waals surface area contributed by atoms with Crippen LogP contribution in [0.4, 0.5) is 11.5 Å². The summed E-state index contributed by atoms with van der Waals surface area (Å²) in [4.78, 5) is 12.4. The van der Waals surface area contributed by atoms with Crippen molar-refractivity contribution in [3.8, 4) is 0 Å². The molecule has 0 atom stereocenters. The molecule has 0 aliphatic heterocycles. The van der Waals surface area contributed by atoms with Crippen molar-refractivity contribution in [3.63, 3.8) is 0 Å². The first kappa shape index (κ1) is 11.9. The highest BCUT2D eigenvalue weighted by atomic mass is 35.5. The first-order valence-corrected chi connectivity index (χ1v) is 5.38. The summed E-state index contributed by atoms with van der Waals surface area (Å²) < 4.78 is 4.54. The van der Waals surface area contributed by atoms with Gasteiger partial charge in [0.25, 0.3) is 0 Å². The number of carbonyl (C=O) groups is 1. The van der Waals surface area contributed by atoms with Crippen molar-refractivity contribution in [2.24, 2.45) is 0 Å². The number of aromatic nitrogens is 2. The summed E-state index contributed by atoms with van der Waals surface area (Å²) >= 11 is 11.8. The Kier molecular flexibility index (Phi) is 3.31. The van der Waals surface area contributed by atoms with Crippen molar-refractivity contribution in [3.05, 3.63) is 33.9 Å². The predicted molar refractivity (Wildman–Crippen MR) is 63.7 cm³/mol. The molecule has 0 bridgehead atoms. The van der Waals surface area contributed by atoms with Crippen molar-refractivity contribution in [1.29, 1.82) is 0 Å². The lowest BCUT2D eigenvalue weighted by Crippen LogP contribution is -2.15. The number of hydrogen-bond acceptors (Lipinski definition) is 4. The first-order chi connectivity index (χ1) is 8.13. The Morgan fingerprint density at radius 3 is 2.65 bits per heavy atom. The molecule has 17 heavy (non-hydrogen) atoms. The molecule has 88 valence electrons.